The average Bonchev–Trinajstić information content (AvgIpc) is 2.81. The van der Waals surface area contributed by atoms with Crippen molar-refractivity contribution in [1.29, 1.82) is 0 Å². The van der Waals surface area contributed by atoms with E-state index in [2.05, 4.69) is 47.4 Å². The van der Waals surface area contributed by atoms with Crippen LogP contribution in [-0.4, -0.2) is 10.8 Å². The molecule has 0 saturated carbocycles. The maximum atomic E-state index is 13.2. The first-order valence-corrected chi connectivity index (χ1v) is 10.5. The van der Waals surface area contributed by atoms with Gasteiger partial charge < -0.3 is 0 Å². The normalized spacial score (nSPS) is 12.0. The first-order valence-electron chi connectivity index (χ1n) is 10.1. The van der Waals surface area contributed by atoms with Gasteiger partial charge >= 0.3 is 0 Å². The van der Waals surface area contributed by atoms with Crippen LogP contribution in [-0.2, 0) is 0 Å². The molecule has 0 unspecified atom stereocenters. The lowest BCUT2D eigenvalue weighted by molar-refractivity contribution is 0.104. The van der Waals surface area contributed by atoms with Gasteiger partial charge in [0.15, 0.2) is 5.78 Å². The van der Waals surface area contributed by atoms with Crippen LogP contribution in [0.4, 0.5) is 0 Å². The van der Waals surface area contributed by atoms with Crippen molar-refractivity contribution in [1.82, 2.24) is 4.98 Å². The number of carbonyl (C=O) groups is 1. The van der Waals surface area contributed by atoms with Crippen LogP contribution >= 0.6 is 11.6 Å². The van der Waals surface area contributed by atoms with Gasteiger partial charge in [-0.2, -0.15) is 0 Å². The molecule has 0 aliphatic heterocycles. The zero-order valence-corrected chi connectivity index (χ0v) is 17.2. The predicted octanol–water partition coefficient (Wildman–Crippen LogP) is 7.68. The molecule has 1 heterocycles. The molecule has 6 aromatic rings. The molecule has 0 spiro atoms. The number of fused-ring (bicyclic) bond motifs is 1. The summed E-state index contributed by atoms with van der Waals surface area (Å²) in [5.74, 6) is -0.0536. The fraction of sp³-hybridized carbons (Fsp3) is 0. The predicted molar refractivity (Wildman–Crippen MR) is 130 cm³/mol. The van der Waals surface area contributed by atoms with Crippen molar-refractivity contribution in [2.24, 2.45) is 0 Å². The minimum absolute atomic E-state index is 0.0536. The first kappa shape index (κ1) is 18.1. The van der Waals surface area contributed by atoms with Crippen molar-refractivity contribution < 1.29 is 4.79 Å². The number of para-hydroxylation sites is 1. The van der Waals surface area contributed by atoms with Gasteiger partial charge in [-0.3, -0.25) is 4.79 Å². The van der Waals surface area contributed by atoms with Crippen molar-refractivity contribution in [3.63, 3.8) is 0 Å². The van der Waals surface area contributed by atoms with Crippen LogP contribution in [0.15, 0.2) is 91.0 Å². The summed E-state index contributed by atoms with van der Waals surface area (Å²) >= 11 is 6.36. The topological polar surface area (TPSA) is 30.0 Å². The van der Waals surface area contributed by atoms with Gasteiger partial charge in [-0.05, 0) is 62.7 Å². The lowest BCUT2D eigenvalue weighted by Gasteiger charge is -2.12. The highest BCUT2D eigenvalue weighted by molar-refractivity contribution is 6.32. The van der Waals surface area contributed by atoms with Crippen LogP contribution in [0, 0.1) is 0 Å². The van der Waals surface area contributed by atoms with Crippen molar-refractivity contribution >= 4 is 66.7 Å². The number of hydrogen-bond donors (Lipinski definition) is 0. The molecule has 31 heavy (non-hydrogen) atoms. The Hall–Kier alpha value is -3.75. The van der Waals surface area contributed by atoms with E-state index in [-0.39, 0.29) is 5.78 Å². The van der Waals surface area contributed by atoms with Crippen LogP contribution in [0.25, 0.3) is 49.3 Å². The van der Waals surface area contributed by atoms with Gasteiger partial charge in [-0.1, -0.05) is 78.3 Å². The van der Waals surface area contributed by atoms with E-state index in [1.807, 2.05) is 42.5 Å². The number of pyridine rings is 1. The fourth-order valence-electron chi connectivity index (χ4n) is 4.43. The highest BCUT2D eigenvalue weighted by Crippen LogP contribution is 2.36. The zero-order valence-electron chi connectivity index (χ0n) is 16.5. The average molecular weight is 418 g/mol. The maximum Gasteiger partial charge on any atom is 0.186 e. The Balaban J connectivity index is 1.48. The van der Waals surface area contributed by atoms with Crippen LogP contribution in [0.5, 0.6) is 0 Å². The van der Waals surface area contributed by atoms with Gasteiger partial charge in [-0.25, -0.2) is 4.98 Å². The number of aromatic nitrogens is 1. The van der Waals surface area contributed by atoms with E-state index in [4.69, 9.17) is 11.6 Å². The molecule has 5 aromatic carbocycles. The van der Waals surface area contributed by atoms with E-state index >= 15 is 0 Å². The van der Waals surface area contributed by atoms with E-state index in [9.17, 15) is 4.79 Å². The Bertz CT molecular complexity index is 1650. The highest BCUT2D eigenvalue weighted by Gasteiger charge is 2.14. The number of carbonyl (C=O) groups excluding carboxylic acids is 1. The molecular formula is C28H16ClNO. The Kier molecular flexibility index (Phi) is 4.02. The maximum absolute atomic E-state index is 13.2. The molecule has 6 rings (SSSR count). The standard InChI is InChI=1S/C28H16ClNO/c29-28-21(16-20-4-1-2-7-24(20)30-28)12-15-25(31)22-13-10-19-9-8-17-5-3-6-18-11-14-23(22)27(19)26(17)18/h1-16H/b15-12+. The molecule has 3 heteroatoms. The Labute approximate surface area is 183 Å². The van der Waals surface area contributed by atoms with E-state index < -0.39 is 0 Å². The summed E-state index contributed by atoms with van der Waals surface area (Å²) in [5, 5.41) is 8.20. The van der Waals surface area contributed by atoms with E-state index in [1.165, 1.54) is 16.2 Å². The highest BCUT2D eigenvalue weighted by atomic mass is 35.5. The monoisotopic (exact) mass is 417 g/mol. The Morgan fingerprint density at radius 3 is 2.26 bits per heavy atom. The first-order chi connectivity index (χ1) is 15.2. The molecule has 0 N–H and O–H groups in total. The second kappa shape index (κ2) is 6.90. The van der Waals surface area contributed by atoms with Gasteiger partial charge in [0.25, 0.3) is 0 Å². The summed E-state index contributed by atoms with van der Waals surface area (Å²) in [6, 6.07) is 28.4. The summed E-state index contributed by atoms with van der Waals surface area (Å²) in [7, 11) is 0. The number of hydrogen-bond acceptors (Lipinski definition) is 2. The van der Waals surface area contributed by atoms with Crippen molar-refractivity contribution in [2.45, 2.75) is 0 Å². The number of benzene rings is 5. The molecule has 0 saturated heterocycles. The SMILES string of the molecule is O=C(/C=C/c1cc2ccccc2nc1Cl)c1ccc2ccc3cccc4ccc1c2c34. The Morgan fingerprint density at radius 1 is 0.742 bits per heavy atom. The van der Waals surface area contributed by atoms with Crippen LogP contribution < -0.4 is 0 Å². The molecule has 0 radical (unpaired) electrons. The van der Waals surface area contributed by atoms with Crippen molar-refractivity contribution in [3.8, 4) is 0 Å². The molecule has 0 atom stereocenters. The number of halogens is 1. The van der Waals surface area contributed by atoms with Gasteiger partial charge in [0.2, 0.25) is 0 Å². The minimum atomic E-state index is -0.0536. The second-order valence-electron chi connectivity index (χ2n) is 7.73. The van der Waals surface area contributed by atoms with Gasteiger partial charge in [0.1, 0.15) is 5.15 Å². The van der Waals surface area contributed by atoms with Crippen LogP contribution in [0.1, 0.15) is 15.9 Å². The second-order valence-corrected chi connectivity index (χ2v) is 8.09. The molecule has 2 nitrogen and oxygen atoms in total. The molecule has 0 bridgehead atoms. The van der Waals surface area contributed by atoms with Crippen molar-refractivity contribution in [3.05, 3.63) is 107 Å². The molecule has 0 fully saturated rings. The quantitative estimate of drug-likeness (QED) is 0.128. The molecular weight excluding hydrogens is 402 g/mol. The van der Waals surface area contributed by atoms with Crippen LogP contribution in [0.2, 0.25) is 5.15 Å². The zero-order chi connectivity index (χ0) is 20.9. The summed E-state index contributed by atoms with van der Waals surface area (Å²) in [5.41, 5.74) is 2.25. The van der Waals surface area contributed by atoms with E-state index in [0.717, 1.165) is 32.6 Å². The molecule has 146 valence electrons. The van der Waals surface area contributed by atoms with Crippen LogP contribution in [0.3, 0.4) is 0 Å². The van der Waals surface area contributed by atoms with E-state index in [0.29, 0.717) is 10.7 Å². The fourth-order valence-corrected chi connectivity index (χ4v) is 4.64. The number of ketones is 1. The smallest absolute Gasteiger partial charge is 0.186 e. The number of rotatable bonds is 3. The minimum Gasteiger partial charge on any atom is -0.289 e. The third kappa shape index (κ3) is 2.88. The third-order valence-electron chi connectivity index (χ3n) is 5.91. The van der Waals surface area contributed by atoms with Gasteiger partial charge in [0, 0.05) is 16.5 Å². The Morgan fingerprint density at radius 2 is 1.42 bits per heavy atom. The lowest BCUT2D eigenvalue weighted by Crippen LogP contribution is -1.97. The lowest BCUT2D eigenvalue weighted by atomic mass is 9.91. The largest absolute Gasteiger partial charge is 0.289 e. The summed E-state index contributed by atoms with van der Waals surface area (Å²) < 4.78 is 0. The summed E-state index contributed by atoms with van der Waals surface area (Å²) in [4.78, 5) is 17.6. The van der Waals surface area contributed by atoms with E-state index in [1.54, 1.807) is 12.2 Å². The molecule has 0 aliphatic carbocycles. The van der Waals surface area contributed by atoms with Gasteiger partial charge in [-0.15, -0.1) is 0 Å². The number of nitrogens with zero attached hydrogens (tertiary/aromatic N) is 1. The molecule has 0 aliphatic rings. The summed E-state index contributed by atoms with van der Waals surface area (Å²) in [6.07, 6.45) is 3.34. The third-order valence-corrected chi connectivity index (χ3v) is 6.22. The van der Waals surface area contributed by atoms with Gasteiger partial charge in [0.05, 0.1) is 5.52 Å². The molecule has 1 aromatic heterocycles. The molecule has 0 amide bonds. The number of allylic oxidation sites excluding steroid dienone is 1. The summed E-state index contributed by atoms with van der Waals surface area (Å²) in [6.45, 7) is 0. The van der Waals surface area contributed by atoms with Crippen molar-refractivity contribution in [2.75, 3.05) is 0 Å².